The number of carbonyl (C=O) groups is 1. The zero-order chi connectivity index (χ0) is 11.3. The lowest BCUT2D eigenvalue weighted by molar-refractivity contribution is 0.101. The van der Waals surface area contributed by atoms with Crippen molar-refractivity contribution in [3.05, 3.63) is 35.4 Å². The number of hydrogen-bond donors (Lipinski definition) is 2. The zero-order valence-corrected chi connectivity index (χ0v) is 8.73. The van der Waals surface area contributed by atoms with Crippen LogP contribution in [0.1, 0.15) is 29.3 Å². The van der Waals surface area contributed by atoms with Gasteiger partial charge < -0.3 is 10.8 Å². The summed E-state index contributed by atoms with van der Waals surface area (Å²) in [6, 6.07) is 5.32. The van der Waals surface area contributed by atoms with Crippen LogP contribution >= 0.6 is 0 Å². The molecule has 0 amide bonds. The van der Waals surface area contributed by atoms with E-state index in [0.29, 0.717) is 17.7 Å². The smallest absolute Gasteiger partial charge is 0.161 e. The van der Waals surface area contributed by atoms with E-state index in [4.69, 9.17) is 10.8 Å². The Kier molecular flexibility index (Phi) is 4.06. The first-order valence-electron chi connectivity index (χ1n) is 4.83. The average molecular weight is 205 g/mol. The molecule has 3 heteroatoms. The molecule has 0 saturated heterocycles. The number of rotatable bonds is 4. The number of ketones is 1. The topological polar surface area (TPSA) is 63.3 Å². The number of Topliss-reactive ketones (excluding diaryl/α,β-unsaturated/α-hetero) is 1. The SMILES string of the molecule is CC(=O)c1cc(C=CCCO)ccc1N. The quantitative estimate of drug-likeness (QED) is 0.582. The molecule has 0 fully saturated rings. The third-order valence-electron chi connectivity index (χ3n) is 2.06. The Morgan fingerprint density at radius 2 is 2.27 bits per heavy atom. The van der Waals surface area contributed by atoms with Crippen LogP contribution in [0.2, 0.25) is 0 Å². The first-order valence-corrected chi connectivity index (χ1v) is 4.83. The molecule has 1 aromatic carbocycles. The van der Waals surface area contributed by atoms with Crippen molar-refractivity contribution in [2.45, 2.75) is 13.3 Å². The van der Waals surface area contributed by atoms with Gasteiger partial charge in [0.1, 0.15) is 0 Å². The first-order chi connectivity index (χ1) is 7.15. The summed E-state index contributed by atoms with van der Waals surface area (Å²) in [4.78, 5) is 11.2. The second-order valence-corrected chi connectivity index (χ2v) is 3.32. The van der Waals surface area contributed by atoms with E-state index < -0.39 is 0 Å². The molecule has 0 aliphatic carbocycles. The number of aliphatic hydroxyl groups is 1. The van der Waals surface area contributed by atoms with E-state index in [1.807, 2.05) is 18.2 Å². The lowest BCUT2D eigenvalue weighted by atomic mass is 10.1. The van der Waals surface area contributed by atoms with Gasteiger partial charge >= 0.3 is 0 Å². The van der Waals surface area contributed by atoms with Crippen LogP contribution in [-0.4, -0.2) is 17.5 Å². The predicted octanol–water partition coefficient (Wildman–Crippen LogP) is 1.87. The molecular weight excluding hydrogens is 190 g/mol. The van der Waals surface area contributed by atoms with Crippen molar-refractivity contribution < 1.29 is 9.90 Å². The van der Waals surface area contributed by atoms with Gasteiger partial charge in [0.05, 0.1) is 0 Å². The number of nitrogens with two attached hydrogens (primary N) is 1. The van der Waals surface area contributed by atoms with E-state index in [0.717, 1.165) is 5.56 Å². The molecule has 0 heterocycles. The molecule has 0 bridgehead atoms. The van der Waals surface area contributed by atoms with Crippen LogP contribution in [0.5, 0.6) is 0 Å². The van der Waals surface area contributed by atoms with Crippen molar-refractivity contribution >= 4 is 17.5 Å². The minimum Gasteiger partial charge on any atom is -0.398 e. The summed E-state index contributed by atoms with van der Waals surface area (Å²) in [6.07, 6.45) is 4.33. The molecule has 0 atom stereocenters. The van der Waals surface area contributed by atoms with Crippen LogP contribution < -0.4 is 5.73 Å². The van der Waals surface area contributed by atoms with Crippen molar-refractivity contribution in [2.75, 3.05) is 12.3 Å². The van der Waals surface area contributed by atoms with Gasteiger partial charge in [0.2, 0.25) is 0 Å². The minimum absolute atomic E-state index is 0.0371. The second kappa shape index (κ2) is 5.32. The highest BCUT2D eigenvalue weighted by Crippen LogP contribution is 2.15. The Bertz CT molecular complexity index is 383. The molecule has 1 rings (SSSR count). The van der Waals surface area contributed by atoms with Crippen LogP contribution in [0.4, 0.5) is 5.69 Å². The van der Waals surface area contributed by atoms with Gasteiger partial charge in [0, 0.05) is 17.9 Å². The van der Waals surface area contributed by atoms with E-state index in [2.05, 4.69) is 0 Å². The molecular formula is C12H15NO2. The van der Waals surface area contributed by atoms with Gasteiger partial charge in [-0.1, -0.05) is 18.2 Å². The Balaban J connectivity index is 2.92. The van der Waals surface area contributed by atoms with Crippen molar-refractivity contribution in [2.24, 2.45) is 0 Å². The summed E-state index contributed by atoms with van der Waals surface area (Å²) in [5.74, 6) is -0.0371. The highest BCUT2D eigenvalue weighted by molar-refractivity contribution is 5.99. The summed E-state index contributed by atoms with van der Waals surface area (Å²) in [5, 5.41) is 8.61. The fourth-order valence-electron chi connectivity index (χ4n) is 1.28. The third kappa shape index (κ3) is 3.22. The molecule has 80 valence electrons. The standard InChI is InChI=1S/C12H15NO2/c1-9(15)11-8-10(4-2-3-7-14)5-6-12(11)13/h2,4-6,8,14H,3,7,13H2,1H3. The number of nitrogen functional groups attached to an aromatic ring is 1. The predicted molar refractivity (Wildman–Crippen MR) is 61.6 cm³/mol. The van der Waals surface area contributed by atoms with Crippen molar-refractivity contribution in [1.29, 1.82) is 0 Å². The lowest BCUT2D eigenvalue weighted by Crippen LogP contribution is -1.99. The summed E-state index contributed by atoms with van der Waals surface area (Å²) in [7, 11) is 0. The van der Waals surface area contributed by atoms with Crippen LogP contribution in [0, 0.1) is 0 Å². The maximum absolute atomic E-state index is 11.2. The highest BCUT2D eigenvalue weighted by atomic mass is 16.2. The average Bonchev–Trinajstić information content (AvgIpc) is 2.20. The summed E-state index contributed by atoms with van der Waals surface area (Å²) >= 11 is 0. The minimum atomic E-state index is -0.0371. The van der Waals surface area contributed by atoms with Crippen molar-refractivity contribution in [3.8, 4) is 0 Å². The summed E-state index contributed by atoms with van der Waals surface area (Å²) < 4.78 is 0. The Morgan fingerprint density at radius 3 is 2.87 bits per heavy atom. The van der Waals surface area contributed by atoms with E-state index in [1.54, 1.807) is 12.1 Å². The van der Waals surface area contributed by atoms with Gasteiger partial charge in [-0.05, 0) is 31.0 Å². The number of anilines is 1. The normalized spacial score (nSPS) is 10.8. The van der Waals surface area contributed by atoms with Gasteiger partial charge in [0.25, 0.3) is 0 Å². The molecule has 0 saturated carbocycles. The maximum atomic E-state index is 11.2. The molecule has 0 radical (unpaired) electrons. The third-order valence-corrected chi connectivity index (χ3v) is 2.06. The summed E-state index contributed by atoms with van der Waals surface area (Å²) in [5.41, 5.74) is 7.62. The number of hydrogen-bond acceptors (Lipinski definition) is 3. The summed E-state index contributed by atoms with van der Waals surface area (Å²) in [6.45, 7) is 1.62. The Hall–Kier alpha value is -1.61. The largest absolute Gasteiger partial charge is 0.398 e. The van der Waals surface area contributed by atoms with Gasteiger partial charge in [-0.25, -0.2) is 0 Å². The second-order valence-electron chi connectivity index (χ2n) is 3.32. The Morgan fingerprint density at radius 1 is 1.53 bits per heavy atom. The van der Waals surface area contributed by atoms with Gasteiger partial charge in [-0.3, -0.25) is 4.79 Å². The first kappa shape index (κ1) is 11.5. The molecule has 0 aliphatic heterocycles. The van der Waals surface area contributed by atoms with Gasteiger partial charge in [0.15, 0.2) is 5.78 Å². The van der Waals surface area contributed by atoms with Crippen molar-refractivity contribution in [3.63, 3.8) is 0 Å². The maximum Gasteiger partial charge on any atom is 0.161 e. The zero-order valence-electron chi connectivity index (χ0n) is 8.73. The highest BCUT2D eigenvalue weighted by Gasteiger charge is 2.03. The molecule has 15 heavy (non-hydrogen) atoms. The van der Waals surface area contributed by atoms with Crippen molar-refractivity contribution in [1.82, 2.24) is 0 Å². The van der Waals surface area contributed by atoms with E-state index in [-0.39, 0.29) is 12.4 Å². The number of carbonyl (C=O) groups excluding carboxylic acids is 1. The Labute approximate surface area is 89.2 Å². The lowest BCUT2D eigenvalue weighted by Gasteiger charge is -2.02. The van der Waals surface area contributed by atoms with Crippen LogP contribution in [0.3, 0.4) is 0 Å². The van der Waals surface area contributed by atoms with Crippen LogP contribution in [-0.2, 0) is 0 Å². The number of aliphatic hydroxyl groups excluding tert-OH is 1. The van der Waals surface area contributed by atoms with Crippen LogP contribution in [0.15, 0.2) is 24.3 Å². The molecule has 0 unspecified atom stereocenters. The van der Waals surface area contributed by atoms with Gasteiger partial charge in [-0.15, -0.1) is 0 Å². The molecule has 0 spiro atoms. The molecule has 3 N–H and O–H groups in total. The van der Waals surface area contributed by atoms with Gasteiger partial charge in [-0.2, -0.15) is 0 Å². The fourth-order valence-corrected chi connectivity index (χ4v) is 1.28. The molecule has 0 aromatic heterocycles. The molecule has 0 aliphatic rings. The van der Waals surface area contributed by atoms with E-state index in [1.165, 1.54) is 6.92 Å². The number of benzene rings is 1. The van der Waals surface area contributed by atoms with Crippen LogP contribution in [0.25, 0.3) is 6.08 Å². The molecule has 1 aromatic rings. The monoisotopic (exact) mass is 205 g/mol. The van der Waals surface area contributed by atoms with E-state index in [9.17, 15) is 4.79 Å². The fraction of sp³-hybridized carbons (Fsp3) is 0.250. The van der Waals surface area contributed by atoms with E-state index >= 15 is 0 Å². The molecule has 3 nitrogen and oxygen atoms in total.